The van der Waals surface area contributed by atoms with E-state index in [0.29, 0.717) is 11.3 Å². The number of ether oxygens (including phenoxy) is 1. The number of non-ortho nitro benzene ring substituents is 1. The molecule has 0 aromatic heterocycles. The molecule has 0 radical (unpaired) electrons. The fourth-order valence-corrected chi connectivity index (χ4v) is 2.44. The van der Waals surface area contributed by atoms with Crippen molar-refractivity contribution in [1.29, 1.82) is 0 Å². The normalized spacial score (nSPS) is 10.7. The van der Waals surface area contributed by atoms with Crippen LogP contribution in [0.3, 0.4) is 0 Å². The first-order chi connectivity index (χ1) is 13.0. The van der Waals surface area contributed by atoms with E-state index in [1.54, 1.807) is 25.3 Å². The number of methoxy groups -OCH3 is 1. The van der Waals surface area contributed by atoms with Gasteiger partial charge in [0.05, 0.1) is 18.2 Å². The lowest BCUT2D eigenvalue weighted by Crippen LogP contribution is -2.24. The molecule has 0 aliphatic rings. The molecule has 0 aliphatic heterocycles. The Hall–Kier alpha value is -3.94. The van der Waals surface area contributed by atoms with Gasteiger partial charge in [-0.2, -0.15) is 5.10 Å². The number of hydrogen-bond donors (Lipinski definition) is 2. The molecule has 0 unspecified atom stereocenters. The predicted octanol–water partition coefficient (Wildman–Crippen LogP) is 3.91. The van der Waals surface area contributed by atoms with E-state index >= 15 is 0 Å². The van der Waals surface area contributed by atoms with Gasteiger partial charge in [-0.3, -0.25) is 10.1 Å². The monoisotopic (exact) mass is 364 g/mol. The van der Waals surface area contributed by atoms with E-state index in [2.05, 4.69) is 15.8 Å². The molecule has 0 bridgehead atoms. The maximum absolute atomic E-state index is 11.9. The third-order valence-electron chi connectivity index (χ3n) is 3.79. The second kappa shape index (κ2) is 7.96. The Labute approximate surface area is 154 Å². The van der Waals surface area contributed by atoms with Gasteiger partial charge in [0.15, 0.2) is 0 Å². The zero-order valence-corrected chi connectivity index (χ0v) is 14.4. The molecule has 0 saturated heterocycles. The minimum atomic E-state index is -0.499. The number of rotatable bonds is 5. The van der Waals surface area contributed by atoms with Gasteiger partial charge in [-0.1, -0.05) is 12.1 Å². The summed E-state index contributed by atoms with van der Waals surface area (Å²) in [7, 11) is 1.61. The van der Waals surface area contributed by atoms with Crippen LogP contribution in [0.4, 0.5) is 16.2 Å². The summed E-state index contributed by atoms with van der Waals surface area (Å²) in [5.74, 6) is 0.765. The molecule has 0 atom stereocenters. The number of nitro groups is 1. The number of fused-ring (bicyclic) bond motifs is 1. The molecule has 27 heavy (non-hydrogen) atoms. The Morgan fingerprint density at radius 3 is 2.48 bits per heavy atom. The highest BCUT2D eigenvalue weighted by atomic mass is 16.6. The predicted molar refractivity (Wildman–Crippen MR) is 103 cm³/mol. The van der Waals surface area contributed by atoms with Crippen LogP contribution < -0.4 is 15.5 Å². The molecule has 0 fully saturated rings. The topological polar surface area (TPSA) is 106 Å². The van der Waals surface area contributed by atoms with Crippen LogP contribution in [0.2, 0.25) is 0 Å². The van der Waals surface area contributed by atoms with Gasteiger partial charge in [0.25, 0.3) is 5.69 Å². The summed E-state index contributed by atoms with van der Waals surface area (Å²) < 4.78 is 5.19. The fourth-order valence-electron chi connectivity index (χ4n) is 2.44. The number of amides is 2. The third-order valence-corrected chi connectivity index (χ3v) is 3.79. The largest absolute Gasteiger partial charge is 0.497 e. The zero-order valence-electron chi connectivity index (χ0n) is 14.4. The van der Waals surface area contributed by atoms with E-state index in [4.69, 9.17) is 4.74 Å². The zero-order chi connectivity index (χ0) is 19.2. The Kier molecular flexibility index (Phi) is 5.27. The number of carbonyl (C=O) groups excluding carboxylic acids is 1. The first kappa shape index (κ1) is 17.9. The molecular formula is C19H16N4O4. The van der Waals surface area contributed by atoms with Gasteiger partial charge < -0.3 is 10.1 Å². The average molecular weight is 364 g/mol. The lowest BCUT2D eigenvalue weighted by atomic mass is 10.1. The van der Waals surface area contributed by atoms with Crippen LogP contribution in [0.1, 0.15) is 5.56 Å². The number of benzene rings is 3. The van der Waals surface area contributed by atoms with Crippen LogP contribution in [0.5, 0.6) is 5.75 Å². The molecule has 0 aliphatic carbocycles. The highest BCUT2D eigenvalue weighted by molar-refractivity contribution is 5.94. The second-order valence-corrected chi connectivity index (χ2v) is 5.60. The summed E-state index contributed by atoms with van der Waals surface area (Å²) in [5.41, 5.74) is 3.59. The van der Waals surface area contributed by atoms with Gasteiger partial charge in [-0.25, -0.2) is 10.2 Å². The van der Waals surface area contributed by atoms with Gasteiger partial charge in [-0.05, 0) is 52.7 Å². The van der Waals surface area contributed by atoms with E-state index in [0.717, 1.165) is 16.5 Å². The Morgan fingerprint density at radius 1 is 1.07 bits per heavy atom. The van der Waals surface area contributed by atoms with Gasteiger partial charge in [0.1, 0.15) is 5.75 Å². The highest BCUT2D eigenvalue weighted by Crippen LogP contribution is 2.23. The number of hydrazone groups is 1. The maximum Gasteiger partial charge on any atom is 0.339 e. The Bertz CT molecular complexity index is 1020. The molecule has 3 aromatic rings. The van der Waals surface area contributed by atoms with Crippen molar-refractivity contribution < 1.29 is 14.5 Å². The number of anilines is 1. The smallest absolute Gasteiger partial charge is 0.339 e. The van der Waals surface area contributed by atoms with E-state index in [1.165, 1.54) is 18.3 Å². The van der Waals surface area contributed by atoms with E-state index in [9.17, 15) is 14.9 Å². The number of hydrogen-bond acceptors (Lipinski definition) is 5. The molecule has 3 aromatic carbocycles. The summed E-state index contributed by atoms with van der Waals surface area (Å²) in [6, 6.07) is 16.5. The highest BCUT2D eigenvalue weighted by Gasteiger charge is 2.04. The number of nitro benzene ring substituents is 1. The van der Waals surface area contributed by atoms with Crippen molar-refractivity contribution in [2.75, 3.05) is 12.4 Å². The van der Waals surface area contributed by atoms with Crippen molar-refractivity contribution in [3.63, 3.8) is 0 Å². The first-order valence-electron chi connectivity index (χ1n) is 7.97. The van der Waals surface area contributed by atoms with Crippen molar-refractivity contribution in [2.24, 2.45) is 5.10 Å². The van der Waals surface area contributed by atoms with Gasteiger partial charge >= 0.3 is 6.03 Å². The lowest BCUT2D eigenvalue weighted by molar-refractivity contribution is -0.384. The summed E-state index contributed by atoms with van der Waals surface area (Å²) in [6.07, 6.45) is 1.40. The maximum atomic E-state index is 11.9. The van der Waals surface area contributed by atoms with Crippen LogP contribution in [0.25, 0.3) is 10.8 Å². The molecule has 2 N–H and O–H groups in total. The number of nitrogens with one attached hydrogen (secondary N) is 2. The summed E-state index contributed by atoms with van der Waals surface area (Å²) in [5, 5.41) is 19.1. The lowest BCUT2D eigenvalue weighted by Gasteiger charge is -2.07. The van der Waals surface area contributed by atoms with Gasteiger partial charge in [-0.15, -0.1) is 0 Å². The van der Waals surface area contributed by atoms with Crippen molar-refractivity contribution in [1.82, 2.24) is 5.43 Å². The van der Waals surface area contributed by atoms with Crippen LogP contribution in [0.15, 0.2) is 65.8 Å². The number of carbonyl (C=O) groups is 1. The fraction of sp³-hybridized carbons (Fsp3) is 0.0526. The molecular weight excluding hydrogens is 348 g/mol. The number of urea groups is 1. The molecule has 2 amide bonds. The molecule has 0 saturated carbocycles. The first-order valence-corrected chi connectivity index (χ1v) is 7.97. The SMILES string of the molecule is COc1ccc2cc(NC(=O)N/N=C/c3ccc([N+](=O)[O-])cc3)ccc2c1. The van der Waals surface area contributed by atoms with Gasteiger partial charge in [0.2, 0.25) is 0 Å². The van der Waals surface area contributed by atoms with Crippen LogP contribution in [0, 0.1) is 10.1 Å². The van der Waals surface area contributed by atoms with E-state index in [-0.39, 0.29) is 5.69 Å². The average Bonchev–Trinajstić information content (AvgIpc) is 2.68. The minimum Gasteiger partial charge on any atom is -0.497 e. The van der Waals surface area contributed by atoms with Crippen molar-refractivity contribution in [3.05, 3.63) is 76.3 Å². The Balaban J connectivity index is 1.60. The second-order valence-electron chi connectivity index (χ2n) is 5.60. The van der Waals surface area contributed by atoms with Crippen molar-refractivity contribution >= 4 is 34.4 Å². The molecule has 136 valence electrons. The van der Waals surface area contributed by atoms with Crippen LogP contribution in [-0.2, 0) is 0 Å². The van der Waals surface area contributed by atoms with Crippen molar-refractivity contribution in [3.8, 4) is 5.75 Å². The molecule has 3 rings (SSSR count). The van der Waals surface area contributed by atoms with Crippen LogP contribution in [-0.4, -0.2) is 24.3 Å². The molecule has 0 spiro atoms. The summed E-state index contributed by atoms with van der Waals surface area (Å²) in [6.45, 7) is 0. The molecule has 8 heteroatoms. The van der Waals surface area contributed by atoms with Crippen molar-refractivity contribution in [2.45, 2.75) is 0 Å². The van der Waals surface area contributed by atoms with E-state index in [1.807, 2.05) is 30.3 Å². The third kappa shape index (κ3) is 4.57. The quantitative estimate of drug-likeness (QED) is 0.407. The Morgan fingerprint density at radius 2 is 1.78 bits per heavy atom. The minimum absolute atomic E-state index is 0.00761. The van der Waals surface area contributed by atoms with E-state index < -0.39 is 11.0 Å². The van der Waals surface area contributed by atoms with Gasteiger partial charge in [0, 0.05) is 17.8 Å². The number of nitrogens with zero attached hydrogens (tertiary/aromatic N) is 2. The standard InChI is InChI=1S/C19H16N4O4/c1-27-18-9-5-14-10-16(6-4-15(14)11-18)21-19(24)22-20-12-13-2-7-17(8-3-13)23(25)26/h2-12H,1H3,(H2,21,22,24)/b20-12+. The summed E-state index contributed by atoms with van der Waals surface area (Å²) in [4.78, 5) is 22.1. The van der Waals surface area contributed by atoms with Crippen LogP contribution >= 0.6 is 0 Å². The molecule has 8 nitrogen and oxygen atoms in total. The molecule has 0 heterocycles. The summed E-state index contributed by atoms with van der Waals surface area (Å²) >= 11 is 0.